The number of hydrogen-bond acceptors (Lipinski definition) is 4. The summed E-state index contributed by atoms with van der Waals surface area (Å²) in [5.74, 6) is 0.389. The van der Waals surface area contributed by atoms with Crippen molar-refractivity contribution in [2.45, 2.75) is 38.0 Å². The molecule has 1 aromatic carbocycles. The Bertz CT molecular complexity index is 388. The van der Waals surface area contributed by atoms with Gasteiger partial charge in [-0.1, -0.05) is 0 Å². The predicted octanol–water partition coefficient (Wildman–Crippen LogP) is 1.93. The molecule has 0 spiro atoms. The van der Waals surface area contributed by atoms with Crippen molar-refractivity contribution < 1.29 is 14.9 Å². The lowest BCUT2D eigenvalue weighted by molar-refractivity contribution is 0.0146. The van der Waals surface area contributed by atoms with Crippen LogP contribution in [0.2, 0.25) is 0 Å². The van der Waals surface area contributed by atoms with E-state index in [1.807, 2.05) is 6.92 Å². The molecule has 0 radical (unpaired) electrons. The van der Waals surface area contributed by atoms with Crippen LogP contribution >= 0.6 is 0 Å². The number of aromatic hydroxyl groups is 2. The normalized spacial score (nSPS) is 25.3. The van der Waals surface area contributed by atoms with Crippen molar-refractivity contribution in [3.63, 3.8) is 0 Å². The van der Waals surface area contributed by atoms with Crippen LogP contribution in [0.5, 0.6) is 11.5 Å². The molecule has 1 aliphatic rings. The van der Waals surface area contributed by atoms with Gasteiger partial charge in [0.2, 0.25) is 0 Å². The highest BCUT2D eigenvalue weighted by atomic mass is 16.5. The second kappa shape index (κ2) is 4.94. The first-order chi connectivity index (χ1) is 8.10. The largest absolute Gasteiger partial charge is 0.508 e. The van der Waals surface area contributed by atoms with E-state index in [0.29, 0.717) is 12.1 Å². The highest BCUT2D eigenvalue weighted by molar-refractivity contribution is 5.40. The van der Waals surface area contributed by atoms with Gasteiger partial charge in [0.05, 0.1) is 6.10 Å². The summed E-state index contributed by atoms with van der Waals surface area (Å²) in [7, 11) is 1.73. The van der Waals surface area contributed by atoms with Crippen molar-refractivity contribution in [1.82, 2.24) is 5.32 Å². The number of hydrogen-bond donors (Lipinski definition) is 3. The van der Waals surface area contributed by atoms with Gasteiger partial charge in [-0.3, -0.25) is 0 Å². The molecule has 0 saturated heterocycles. The SMILES string of the molecule is COC1CC(NC(C)c2cc(O)ccc2O)C1. The number of benzene rings is 1. The zero-order valence-electron chi connectivity index (χ0n) is 10.2. The molecule has 17 heavy (non-hydrogen) atoms. The van der Waals surface area contributed by atoms with Crippen LogP contribution in [0.1, 0.15) is 31.4 Å². The lowest BCUT2D eigenvalue weighted by atomic mass is 9.88. The minimum atomic E-state index is 0.0184. The third-order valence-electron chi connectivity index (χ3n) is 3.39. The fourth-order valence-electron chi connectivity index (χ4n) is 2.23. The molecule has 1 unspecified atom stereocenters. The smallest absolute Gasteiger partial charge is 0.120 e. The minimum Gasteiger partial charge on any atom is -0.508 e. The Kier molecular flexibility index (Phi) is 3.54. The molecule has 1 saturated carbocycles. The number of nitrogens with one attached hydrogen (secondary N) is 1. The van der Waals surface area contributed by atoms with Gasteiger partial charge in [0, 0.05) is 24.8 Å². The lowest BCUT2D eigenvalue weighted by Gasteiger charge is -2.36. The summed E-state index contributed by atoms with van der Waals surface area (Å²) in [6.07, 6.45) is 2.36. The average Bonchev–Trinajstić information content (AvgIpc) is 2.25. The Morgan fingerprint density at radius 1 is 1.35 bits per heavy atom. The number of ether oxygens (including phenoxy) is 1. The van der Waals surface area contributed by atoms with E-state index < -0.39 is 0 Å². The molecule has 1 fully saturated rings. The topological polar surface area (TPSA) is 61.7 Å². The van der Waals surface area contributed by atoms with Crippen molar-refractivity contribution in [2.24, 2.45) is 0 Å². The number of rotatable bonds is 4. The van der Waals surface area contributed by atoms with E-state index in [9.17, 15) is 10.2 Å². The van der Waals surface area contributed by atoms with Crippen LogP contribution in [0.3, 0.4) is 0 Å². The summed E-state index contributed by atoms with van der Waals surface area (Å²) in [5, 5.41) is 22.6. The Balaban J connectivity index is 1.95. The molecule has 0 amide bonds. The van der Waals surface area contributed by atoms with Crippen LogP contribution in [0.15, 0.2) is 18.2 Å². The maximum absolute atomic E-state index is 9.73. The summed E-state index contributed by atoms with van der Waals surface area (Å²) in [6, 6.07) is 5.04. The molecular weight excluding hydrogens is 218 g/mol. The molecule has 0 heterocycles. The van der Waals surface area contributed by atoms with E-state index in [2.05, 4.69) is 5.32 Å². The predicted molar refractivity (Wildman–Crippen MR) is 65.1 cm³/mol. The summed E-state index contributed by atoms with van der Waals surface area (Å²) in [4.78, 5) is 0. The summed E-state index contributed by atoms with van der Waals surface area (Å²) < 4.78 is 5.22. The second-order valence-corrected chi connectivity index (χ2v) is 4.66. The third kappa shape index (κ3) is 2.70. The zero-order chi connectivity index (χ0) is 12.4. The first-order valence-corrected chi connectivity index (χ1v) is 5.91. The molecule has 3 N–H and O–H groups in total. The maximum Gasteiger partial charge on any atom is 0.120 e. The minimum absolute atomic E-state index is 0.0184. The van der Waals surface area contributed by atoms with Gasteiger partial charge in [0.15, 0.2) is 0 Å². The average molecular weight is 237 g/mol. The van der Waals surface area contributed by atoms with Crippen LogP contribution in [0.25, 0.3) is 0 Å². The number of phenolic OH excluding ortho intramolecular Hbond substituents is 2. The molecule has 0 aliphatic heterocycles. The van der Waals surface area contributed by atoms with Gasteiger partial charge in [-0.15, -0.1) is 0 Å². The first-order valence-electron chi connectivity index (χ1n) is 5.91. The molecule has 1 aliphatic carbocycles. The van der Waals surface area contributed by atoms with Crippen LogP contribution in [-0.2, 0) is 4.74 Å². The van der Waals surface area contributed by atoms with E-state index in [-0.39, 0.29) is 17.5 Å². The summed E-state index contributed by atoms with van der Waals surface area (Å²) in [5.41, 5.74) is 0.728. The van der Waals surface area contributed by atoms with Crippen molar-refractivity contribution in [3.05, 3.63) is 23.8 Å². The molecular formula is C13H19NO3. The highest BCUT2D eigenvalue weighted by Crippen LogP contribution is 2.30. The van der Waals surface area contributed by atoms with Crippen molar-refractivity contribution in [3.8, 4) is 11.5 Å². The van der Waals surface area contributed by atoms with E-state index >= 15 is 0 Å². The highest BCUT2D eigenvalue weighted by Gasteiger charge is 2.30. The quantitative estimate of drug-likeness (QED) is 0.700. The van der Waals surface area contributed by atoms with Crippen molar-refractivity contribution in [1.29, 1.82) is 0 Å². The van der Waals surface area contributed by atoms with Gasteiger partial charge >= 0.3 is 0 Å². The fraction of sp³-hybridized carbons (Fsp3) is 0.538. The Labute approximate surface area is 101 Å². The van der Waals surface area contributed by atoms with E-state index in [1.54, 1.807) is 13.2 Å². The van der Waals surface area contributed by atoms with Gasteiger partial charge in [-0.05, 0) is 38.0 Å². The Morgan fingerprint density at radius 2 is 2.06 bits per heavy atom. The van der Waals surface area contributed by atoms with Gasteiger partial charge in [-0.25, -0.2) is 0 Å². The summed E-state index contributed by atoms with van der Waals surface area (Å²) >= 11 is 0. The van der Waals surface area contributed by atoms with Gasteiger partial charge in [0.25, 0.3) is 0 Å². The standard InChI is InChI=1S/C13H19NO3/c1-8(14-9-5-11(6-9)17-2)12-7-10(15)3-4-13(12)16/h3-4,7-9,11,14-16H,5-6H2,1-2H3. The molecule has 1 aromatic rings. The summed E-state index contributed by atoms with van der Waals surface area (Å²) in [6.45, 7) is 1.98. The molecule has 2 rings (SSSR count). The van der Waals surface area contributed by atoms with Crippen LogP contribution in [0.4, 0.5) is 0 Å². The van der Waals surface area contributed by atoms with E-state index in [1.165, 1.54) is 12.1 Å². The Hall–Kier alpha value is -1.26. The number of phenols is 2. The molecule has 4 nitrogen and oxygen atoms in total. The van der Waals surface area contributed by atoms with Gasteiger partial charge in [0.1, 0.15) is 11.5 Å². The third-order valence-corrected chi connectivity index (χ3v) is 3.39. The van der Waals surface area contributed by atoms with Crippen molar-refractivity contribution in [2.75, 3.05) is 7.11 Å². The van der Waals surface area contributed by atoms with Gasteiger partial charge in [-0.2, -0.15) is 0 Å². The lowest BCUT2D eigenvalue weighted by Crippen LogP contribution is -2.45. The van der Waals surface area contributed by atoms with Crippen LogP contribution in [-0.4, -0.2) is 29.5 Å². The van der Waals surface area contributed by atoms with Gasteiger partial charge < -0.3 is 20.3 Å². The van der Waals surface area contributed by atoms with E-state index in [0.717, 1.165) is 18.4 Å². The maximum atomic E-state index is 9.73. The molecule has 1 atom stereocenters. The first kappa shape index (κ1) is 12.2. The monoisotopic (exact) mass is 237 g/mol. The van der Waals surface area contributed by atoms with Crippen LogP contribution in [0, 0.1) is 0 Å². The molecule has 4 heteroatoms. The fourth-order valence-corrected chi connectivity index (χ4v) is 2.23. The Morgan fingerprint density at radius 3 is 2.71 bits per heavy atom. The van der Waals surface area contributed by atoms with Crippen molar-refractivity contribution >= 4 is 0 Å². The molecule has 0 bridgehead atoms. The zero-order valence-corrected chi connectivity index (χ0v) is 10.2. The van der Waals surface area contributed by atoms with E-state index in [4.69, 9.17) is 4.74 Å². The number of methoxy groups -OCH3 is 1. The molecule has 94 valence electrons. The van der Waals surface area contributed by atoms with Crippen LogP contribution < -0.4 is 5.32 Å². The second-order valence-electron chi connectivity index (χ2n) is 4.66. The molecule has 0 aromatic heterocycles.